The number of hydrogen-bond acceptors (Lipinski definition) is 0. The van der Waals surface area contributed by atoms with E-state index in [0.29, 0.717) is 0 Å². The van der Waals surface area contributed by atoms with Gasteiger partial charge in [-0.1, -0.05) is 121 Å². The SMILES string of the molecule is C#Cc1ccc2c(c1)[nH]c(-c1cccc(-c3c4ccccc4c(-c4ccc5ccccc5c4)c4ccccc34)c1)[n+]2-c1ccccc1. The minimum absolute atomic E-state index is 0.851. The van der Waals surface area contributed by atoms with E-state index in [-0.39, 0.29) is 0 Å². The number of aromatic amines is 1. The van der Waals surface area contributed by atoms with Crippen molar-refractivity contribution in [1.29, 1.82) is 0 Å². The van der Waals surface area contributed by atoms with E-state index < -0.39 is 0 Å². The summed E-state index contributed by atoms with van der Waals surface area (Å²) < 4.78 is 2.29. The molecule has 0 atom stereocenters. The number of terminal acetylenes is 1. The van der Waals surface area contributed by atoms with E-state index in [1.807, 2.05) is 12.1 Å². The third kappa shape index (κ3) is 4.41. The molecule has 9 rings (SSSR count). The molecule has 0 fully saturated rings. The van der Waals surface area contributed by atoms with Crippen molar-refractivity contribution in [1.82, 2.24) is 4.98 Å². The Bertz CT molecular complexity index is 2630. The molecule has 0 unspecified atom stereocenters. The Morgan fingerprint density at radius 2 is 1.06 bits per heavy atom. The van der Waals surface area contributed by atoms with Crippen LogP contribution >= 0.6 is 0 Å². The third-order valence-electron chi connectivity index (χ3n) is 9.29. The van der Waals surface area contributed by atoms with Gasteiger partial charge in [-0.15, -0.1) is 6.42 Å². The van der Waals surface area contributed by atoms with Gasteiger partial charge in [-0.05, 0) is 97.0 Å². The first-order valence-corrected chi connectivity index (χ1v) is 15.9. The van der Waals surface area contributed by atoms with Crippen LogP contribution in [0, 0.1) is 12.3 Å². The van der Waals surface area contributed by atoms with E-state index >= 15 is 0 Å². The quantitative estimate of drug-likeness (QED) is 0.118. The van der Waals surface area contributed by atoms with Crippen molar-refractivity contribution in [2.24, 2.45) is 0 Å². The van der Waals surface area contributed by atoms with E-state index in [2.05, 4.69) is 167 Å². The molecule has 0 bridgehead atoms. The van der Waals surface area contributed by atoms with Crippen LogP contribution in [0.1, 0.15) is 5.56 Å². The number of nitrogens with zero attached hydrogens (tertiary/aromatic N) is 1. The number of fused-ring (bicyclic) bond motifs is 4. The summed E-state index contributed by atoms with van der Waals surface area (Å²) in [5, 5.41) is 7.45. The molecule has 0 spiro atoms. The largest absolute Gasteiger partial charge is 0.292 e. The summed E-state index contributed by atoms with van der Waals surface area (Å²) in [5.74, 6) is 3.79. The van der Waals surface area contributed by atoms with Crippen molar-refractivity contribution in [3.63, 3.8) is 0 Å². The highest BCUT2D eigenvalue weighted by atomic mass is 15.1. The summed E-state index contributed by atoms with van der Waals surface area (Å²) in [6.45, 7) is 0. The van der Waals surface area contributed by atoms with Crippen LogP contribution in [0.25, 0.3) is 82.7 Å². The fourth-order valence-electron chi connectivity index (χ4n) is 7.19. The first-order chi connectivity index (χ1) is 23.3. The molecule has 0 aliphatic carbocycles. The van der Waals surface area contributed by atoms with Gasteiger partial charge in [-0.2, -0.15) is 4.57 Å². The maximum atomic E-state index is 5.78. The zero-order valence-corrected chi connectivity index (χ0v) is 25.6. The van der Waals surface area contributed by atoms with Gasteiger partial charge < -0.3 is 0 Å². The zero-order chi connectivity index (χ0) is 31.3. The Morgan fingerprint density at radius 1 is 0.468 bits per heavy atom. The molecule has 0 saturated carbocycles. The van der Waals surface area contributed by atoms with E-state index in [1.165, 1.54) is 54.6 Å². The molecule has 0 aliphatic rings. The van der Waals surface area contributed by atoms with Crippen LogP contribution in [0.3, 0.4) is 0 Å². The molecule has 1 heterocycles. The van der Waals surface area contributed by atoms with Gasteiger partial charge in [-0.25, -0.2) is 4.98 Å². The summed E-state index contributed by atoms with van der Waals surface area (Å²) in [4.78, 5) is 3.72. The van der Waals surface area contributed by atoms with Crippen molar-refractivity contribution in [2.45, 2.75) is 0 Å². The number of nitrogens with one attached hydrogen (secondary N) is 1. The summed E-state index contributed by atoms with van der Waals surface area (Å²) in [6, 6.07) is 58.6. The molecule has 2 nitrogen and oxygen atoms in total. The molecule has 8 aromatic carbocycles. The lowest BCUT2D eigenvalue weighted by Crippen LogP contribution is -2.31. The zero-order valence-electron chi connectivity index (χ0n) is 25.6. The Kier molecular flexibility index (Phi) is 6.23. The highest BCUT2D eigenvalue weighted by molar-refractivity contribution is 6.21. The molecule has 0 radical (unpaired) electrons. The van der Waals surface area contributed by atoms with Crippen LogP contribution in [-0.4, -0.2) is 4.98 Å². The second-order valence-electron chi connectivity index (χ2n) is 12.0. The third-order valence-corrected chi connectivity index (χ3v) is 9.29. The monoisotopic (exact) mass is 597 g/mol. The van der Waals surface area contributed by atoms with Gasteiger partial charge in [0.1, 0.15) is 5.69 Å². The van der Waals surface area contributed by atoms with Gasteiger partial charge in [0.05, 0.1) is 5.56 Å². The molecule has 1 N–H and O–H groups in total. The van der Waals surface area contributed by atoms with Crippen molar-refractivity contribution >= 4 is 43.4 Å². The van der Waals surface area contributed by atoms with Gasteiger partial charge in [0.2, 0.25) is 0 Å². The fraction of sp³-hybridized carbons (Fsp3) is 0. The van der Waals surface area contributed by atoms with Crippen LogP contribution < -0.4 is 4.57 Å². The number of benzene rings is 8. The normalized spacial score (nSPS) is 11.4. The molecule has 0 aliphatic heterocycles. The van der Waals surface area contributed by atoms with E-state index in [9.17, 15) is 0 Å². The number of rotatable bonds is 4. The topological polar surface area (TPSA) is 19.7 Å². The molecule has 218 valence electrons. The average Bonchev–Trinajstić information content (AvgIpc) is 3.53. The summed E-state index contributed by atoms with van der Waals surface area (Å²) in [7, 11) is 0. The predicted molar refractivity (Wildman–Crippen MR) is 197 cm³/mol. The lowest BCUT2D eigenvalue weighted by Gasteiger charge is -2.18. The first kappa shape index (κ1) is 26.9. The average molecular weight is 598 g/mol. The Hall–Kier alpha value is -6.43. The summed E-state index contributed by atoms with van der Waals surface area (Å²) in [5.41, 5.74) is 10.0. The molecule has 47 heavy (non-hydrogen) atoms. The minimum atomic E-state index is 0.851. The van der Waals surface area contributed by atoms with Crippen molar-refractivity contribution < 1.29 is 4.57 Å². The maximum Gasteiger partial charge on any atom is 0.292 e. The van der Waals surface area contributed by atoms with Crippen LogP contribution in [0.4, 0.5) is 0 Å². The molecule has 1 aromatic heterocycles. The smallest absolute Gasteiger partial charge is 0.236 e. The van der Waals surface area contributed by atoms with Crippen LogP contribution in [0.2, 0.25) is 0 Å². The second-order valence-corrected chi connectivity index (χ2v) is 12.0. The van der Waals surface area contributed by atoms with Gasteiger partial charge in [0, 0.05) is 11.6 Å². The molecular formula is C45H29N2+. The first-order valence-electron chi connectivity index (χ1n) is 15.9. The van der Waals surface area contributed by atoms with Crippen LogP contribution in [-0.2, 0) is 0 Å². The van der Waals surface area contributed by atoms with E-state index in [4.69, 9.17) is 6.42 Å². The van der Waals surface area contributed by atoms with Crippen molar-refractivity contribution in [3.8, 4) is 51.7 Å². The van der Waals surface area contributed by atoms with Gasteiger partial charge >= 0.3 is 0 Å². The standard InChI is InChI=1S/C45H28N2/c1-2-30-23-26-42-41(27-30)46-45(47(42)36-17-4-3-5-18-36)35-16-12-15-33(29-35)43-37-19-8-10-21-39(37)44(40-22-11-9-20-38(40)43)34-25-24-31-13-6-7-14-32(31)28-34/h1,3-29H/p+1. The molecule has 9 aromatic rings. The fourth-order valence-corrected chi connectivity index (χ4v) is 7.19. The molecule has 0 amide bonds. The second kappa shape index (κ2) is 10.9. The Labute approximate surface area is 273 Å². The van der Waals surface area contributed by atoms with Crippen molar-refractivity contribution in [2.75, 3.05) is 0 Å². The van der Waals surface area contributed by atoms with Gasteiger partial charge in [0.15, 0.2) is 11.0 Å². The molecule has 2 heteroatoms. The maximum absolute atomic E-state index is 5.78. The highest BCUT2D eigenvalue weighted by Gasteiger charge is 2.24. The lowest BCUT2D eigenvalue weighted by atomic mass is 9.85. The van der Waals surface area contributed by atoms with Crippen molar-refractivity contribution in [3.05, 3.63) is 169 Å². The number of H-pyrrole nitrogens is 1. The number of aromatic nitrogens is 2. The Balaban J connectivity index is 1.30. The minimum Gasteiger partial charge on any atom is -0.236 e. The van der Waals surface area contributed by atoms with E-state index in [1.54, 1.807) is 0 Å². The molecular weight excluding hydrogens is 569 g/mol. The summed E-state index contributed by atoms with van der Waals surface area (Å²) >= 11 is 0. The summed E-state index contributed by atoms with van der Waals surface area (Å²) in [6.07, 6.45) is 5.78. The molecule has 0 saturated heterocycles. The number of hydrogen-bond donors (Lipinski definition) is 1. The number of para-hydroxylation sites is 1. The van der Waals surface area contributed by atoms with Gasteiger partial charge in [-0.3, -0.25) is 0 Å². The Morgan fingerprint density at radius 3 is 1.74 bits per heavy atom. The van der Waals surface area contributed by atoms with Crippen LogP contribution in [0.5, 0.6) is 0 Å². The predicted octanol–water partition coefficient (Wildman–Crippen LogP) is 10.9. The highest BCUT2D eigenvalue weighted by Crippen LogP contribution is 2.44. The van der Waals surface area contributed by atoms with Gasteiger partial charge in [0.25, 0.3) is 5.82 Å². The number of imidazole rings is 1. The van der Waals surface area contributed by atoms with Crippen LogP contribution in [0.15, 0.2) is 164 Å². The lowest BCUT2D eigenvalue weighted by molar-refractivity contribution is -0.554. The van der Waals surface area contributed by atoms with E-state index in [0.717, 1.165) is 33.7 Å².